The molecule has 0 atom stereocenters. The molecule has 6 nitrogen and oxygen atoms in total. The minimum Gasteiger partial charge on any atom is -0.392 e. The second kappa shape index (κ2) is 5.51. The van der Waals surface area contributed by atoms with Crippen LogP contribution in [0.3, 0.4) is 0 Å². The number of ether oxygens (including phenoxy) is 4. The lowest BCUT2D eigenvalue weighted by Gasteiger charge is -2.52. The molecule has 0 amide bonds. The summed E-state index contributed by atoms with van der Waals surface area (Å²) in [6.07, 6.45) is 0.263. The van der Waals surface area contributed by atoms with E-state index in [2.05, 4.69) is 0 Å². The average Bonchev–Trinajstić information content (AvgIpc) is 2.85. The van der Waals surface area contributed by atoms with Crippen LogP contribution < -0.4 is 0 Å². The highest BCUT2D eigenvalue weighted by molar-refractivity contribution is 5.43. The summed E-state index contributed by atoms with van der Waals surface area (Å²) in [6, 6.07) is 3.93. The molecule has 2 N–H and O–H groups in total. The molecule has 2 fully saturated rings. The lowest BCUT2D eigenvalue weighted by atomic mass is 9.81. The maximum absolute atomic E-state index is 9.50. The van der Waals surface area contributed by atoms with Crippen molar-refractivity contribution >= 4 is 0 Å². The van der Waals surface area contributed by atoms with E-state index < -0.39 is 5.41 Å². The molecule has 2 aliphatic heterocycles. The summed E-state index contributed by atoms with van der Waals surface area (Å²) in [5, 5.41) is 19.0. The van der Waals surface area contributed by atoms with Crippen LogP contribution in [-0.2, 0) is 45.0 Å². The lowest BCUT2D eigenvalue weighted by Crippen LogP contribution is -2.62. The van der Waals surface area contributed by atoms with Gasteiger partial charge in [-0.15, -0.1) is 0 Å². The highest BCUT2D eigenvalue weighted by atomic mass is 16.9. The molecule has 0 unspecified atom stereocenters. The van der Waals surface area contributed by atoms with Crippen LogP contribution in [0.4, 0.5) is 0 Å². The predicted molar refractivity (Wildman–Crippen MR) is 79.0 cm³/mol. The van der Waals surface area contributed by atoms with Crippen molar-refractivity contribution in [3.63, 3.8) is 0 Å². The molecule has 0 radical (unpaired) electrons. The largest absolute Gasteiger partial charge is 0.392 e. The summed E-state index contributed by atoms with van der Waals surface area (Å²) in [7, 11) is 0. The van der Waals surface area contributed by atoms with Crippen molar-refractivity contribution in [2.75, 3.05) is 0 Å². The fourth-order valence-corrected chi connectivity index (χ4v) is 3.89. The Labute approximate surface area is 134 Å². The number of rotatable bonds is 4. The first kappa shape index (κ1) is 15.5. The van der Waals surface area contributed by atoms with Crippen molar-refractivity contribution in [2.24, 2.45) is 5.41 Å². The van der Waals surface area contributed by atoms with E-state index in [1.807, 2.05) is 26.0 Å². The number of hydrogen-bond donors (Lipinski definition) is 2. The molecular formula is C17H22O6. The highest BCUT2D eigenvalue weighted by Crippen LogP contribution is 2.51. The molecule has 1 aromatic rings. The van der Waals surface area contributed by atoms with Crippen LogP contribution >= 0.6 is 0 Å². The Morgan fingerprint density at radius 1 is 0.870 bits per heavy atom. The van der Waals surface area contributed by atoms with Crippen LogP contribution in [0.15, 0.2) is 12.1 Å². The van der Waals surface area contributed by atoms with Crippen molar-refractivity contribution < 1.29 is 29.2 Å². The van der Waals surface area contributed by atoms with Gasteiger partial charge in [-0.3, -0.25) is 0 Å². The first-order valence-electron chi connectivity index (χ1n) is 8.03. The fraction of sp³-hybridized carbons (Fsp3) is 0.647. The van der Waals surface area contributed by atoms with Gasteiger partial charge >= 0.3 is 0 Å². The molecule has 2 heterocycles. The van der Waals surface area contributed by atoms with Crippen molar-refractivity contribution in [2.45, 2.75) is 65.1 Å². The van der Waals surface area contributed by atoms with Crippen molar-refractivity contribution in [3.05, 3.63) is 34.4 Å². The molecule has 0 aromatic heterocycles. The molecule has 3 aliphatic rings. The van der Waals surface area contributed by atoms with E-state index in [0.717, 1.165) is 22.3 Å². The SMILES string of the molecule is CC1OC(C2(C3OC(C)O3)Cc3cc(CO)c(CO)cc3C2)O1. The standard InChI is InChI=1S/C17H22O6/c1-9-20-15(21-9)17(16-22-10(2)23-16)5-11-3-13(7-18)14(8-19)4-12(11)6-17/h3-4,9-10,15-16,18-19H,5-8H2,1-2H3. The van der Waals surface area contributed by atoms with Gasteiger partial charge in [-0.25, -0.2) is 0 Å². The molecule has 23 heavy (non-hydrogen) atoms. The minimum absolute atomic E-state index is 0.0862. The van der Waals surface area contributed by atoms with Gasteiger partial charge in [-0.05, 0) is 48.9 Å². The summed E-state index contributed by atoms with van der Waals surface area (Å²) >= 11 is 0. The van der Waals surface area contributed by atoms with Gasteiger partial charge < -0.3 is 29.2 Å². The van der Waals surface area contributed by atoms with Gasteiger partial charge in [0.15, 0.2) is 25.2 Å². The molecule has 4 rings (SSSR count). The van der Waals surface area contributed by atoms with Gasteiger partial charge in [-0.2, -0.15) is 0 Å². The van der Waals surface area contributed by atoms with Crippen LogP contribution in [0.25, 0.3) is 0 Å². The smallest absolute Gasteiger partial charge is 0.174 e. The number of aliphatic hydroxyl groups excluding tert-OH is 2. The Morgan fingerprint density at radius 3 is 1.57 bits per heavy atom. The zero-order valence-corrected chi connectivity index (χ0v) is 13.3. The van der Waals surface area contributed by atoms with E-state index in [4.69, 9.17) is 18.9 Å². The van der Waals surface area contributed by atoms with Crippen molar-refractivity contribution in [3.8, 4) is 0 Å². The van der Waals surface area contributed by atoms with Crippen LogP contribution in [0.1, 0.15) is 36.1 Å². The maximum atomic E-state index is 9.50. The summed E-state index contributed by atoms with van der Waals surface area (Å²) in [5.74, 6) is 0. The Balaban J connectivity index is 1.66. The number of hydrogen-bond acceptors (Lipinski definition) is 6. The summed E-state index contributed by atoms with van der Waals surface area (Å²) < 4.78 is 23.1. The monoisotopic (exact) mass is 322 g/mol. The third-order valence-corrected chi connectivity index (χ3v) is 5.10. The van der Waals surface area contributed by atoms with Gasteiger partial charge in [0.1, 0.15) is 0 Å². The van der Waals surface area contributed by atoms with E-state index in [-0.39, 0.29) is 38.4 Å². The van der Waals surface area contributed by atoms with Gasteiger partial charge in [-0.1, -0.05) is 12.1 Å². The number of aliphatic hydroxyl groups is 2. The first-order chi connectivity index (χ1) is 11.1. The molecule has 2 saturated heterocycles. The normalized spacial score (nSPS) is 34.6. The molecular weight excluding hydrogens is 300 g/mol. The molecule has 126 valence electrons. The van der Waals surface area contributed by atoms with Gasteiger partial charge in [0, 0.05) is 0 Å². The number of benzene rings is 1. The average molecular weight is 322 g/mol. The van der Waals surface area contributed by atoms with E-state index in [1.54, 1.807) is 0 Å². The topological polar surface area (TPSA) is 77.4 Å². The minimum atomic E-state index is -0.415. The predicted octanol–water partition coefficient (Wildman–Crippen LogP) is 1.19. The Bertz CT molecular complexity index is 550. The van der Waals surface area contributed by atoms with Crippen LogP contribution in [0.5, 0.6) is 0 Å². The van der Waals surface area contributed by atoms with E-state index in [1.165, 1.54) is 0 Å². The molecule has 6 heteroatoms. The van der Waals surface area contributed by atoms with Gasteiger partial charge in [0.2, 0.25) is 0 Å². The highest BCUT2D eigenvalue weighted by Gasteiger charge is 2.59. The molecule has 1 aromatic carbocycles. The van der Waals surface area contributed by atoms with E-state index >= 15 is 0 Å². The van der Waals surface area contributed by atoms with E-state index in [9.17, 15) is 10.2 Å². The summed E-state index contributed by atoms with van der Waals surface area (Å²) in [4.78, 5) is 0. The number of fused-ring (bicyclic) bond motifs is 1. The quantitative estimate of drug-likeness (QED) is 0.867. The van der Waals surface area contributed by atoms with E-state index in [0.29, 0.717) is 12.8 Å². The lowest BCUT2D eigenvalue weighted by molar-refractivity contribution is -0.479. The maximum Gasteiger partial charge on any atom is 0.174 e. The summed E-state index contributed by atoms with van der Waals surface area (Å²) in [5.41, 5.74) is 3.36. The zero-order valence-electron chi connectivity index (χ0n) is 13.3. The Hall–Kier alpha value is -1.02. The second-order valence-electron chi connectivity index (χ2n) is 6.64. The molecule has 1 aliphatic carbocycles. The van der Waals surface area contributed by atoms with Crippen molar-refractivity contribution in [1.29, 1.82) is 0 Å². The van der Waals surface area contributed by atoms with Crippen LogP contribution in [0.2, 0.25) is 0 Å². The Morgan fingerprint density at radius 2 is 1.26 bits per heavy atom. The first-order valence-corrected chi connectivity index (χ1v) is 8.03. The fourth-order valence-electron chi connectivity index (χ4n) is 3.89. The van der Waals surface area contributed by atoms with Gasteiger partial charge in [0.05, 0.1) is 18.6 Å². The van der Waals surface area contributed by atoms with Crippen LogP contribution in [0, 0.1) is 5.41 Å². The van der Waals surface area contributed by atoms with Crippen molar-refractivity contribution in [1.82, 2.24) is 0 Å². The third kappa shape index (κ3) is 2.33. The molecule has 0 bridgehead atoms. The zero-order chi connectivity index (χ0) is 16.2. The molecule has 0 spiro atoms. The van der Waals surface area contributed by atoms with Gasteiger partial charge in [0.25, 0.3) is 0 Å². The van der Waals surface area contributed by atoms with Crippen LogP contribution in [-0.4, -0.2) is 35.4 Å². The third-order valence-electron chi connectivity index (χ3n) is 5.10. The molecule has 0 saturated carbocycles. The second-order valence-corrected chi connectivity index (χ2v) is 6.64. The Kier molecular flexibility index (Phi) is 3.72. The summed E-state index contributed by atoms with van der Waals surface area (Å²) in [6.45, 7) is 3.56.